The van der Waals surface area contributed by atoms with Gasteiger partial charge in [0.25, 0.3) is 0 Å². The zero-order chi connectivity index (χ0) is 17.9. The van der Waals surface area contributed by atoms with Crippen LogP contribution in [0.3, 0.4) is 0 Å². The van der Waals surface area contributed by atoms with E-state index in [9.17, 15) is 19.4 Å². The Morgan fingerprint density at radius 3 is 2.75 bits per heavy atom. The number of aliphatic hydroxyl groups is 2. The van der Waals surface area contributed by atoms with E-state index in [1.165, 1.54) is 12.3 Å². The summed E-state index contributed by atoms with van der Waals surface area (Å²) in [6.07, 6.45) is -4.28. The highest BCUT2D eigenvalue weighted by molar-refractivity contribution is 5.36. The number of alkyl halides is 1. The molecule has 0 aliphatic carbocycles. The van der Waals surface area contributed by atoms with Crippen molar-refractivity contribution in [2.45, 2.75) is 38.1 Å². The van der Waals surface area contributed by atoms with Crippen molar-refractivity contribution < 1.29 is 19.3 Å². The molecule has 24 heavy (non-hydrogen) atoms. The molecule has 0 amide bonds. The van der Waals surface area contributed by atoms with Gasteiger partial charge >= 0.3 is 5.69 Å². The van der Waals surface area contributed by atoms with Crippen LogP contribution in [0, 0.1) is 0 Å². The highest BCUT2D eigenvalue weighted by atomic mass is 19.1. The number of nitrogens with zero attached hydrogens (tertiary/aromatic N) is 6. The molecule has 0 radical (unpaired) electrons. The molecular weight excluding hydrogens is 323 g/mol. The zero-order valence-electron chi connectivity index (χ0n) is 13.3. The normalized spacial score (nSPS) is 29.3. The van der Waals surface area contributed by atoms with E-state index in [0.29, 0.717) is 18.9 Å². The van der Waals surface area contributed by atoms with E-state index in [2.05, 4.69) is 15.0 Å². The minimum atomic E-state index is -2.18. The first kappa shape index (κ1) is 18.1. The fourth-order valence-corrected chi connectivity index (χ4v) is 2.60. The van der Waals surface area contributed by atoms with Gasteiger partial charge in [-0.05, 0) is 25.4 Å². The Kier molecular flexibility index (Phi) is 5.40. The van der Waals surface area contributed by atoms with Gasteiger partial charge in [0, 0.05) is 24.2 Å². The second-order valence-electron chi connectivity index (χ2n) is 5.24. The van der Waals surface area contributed by atoms with Crippen molar-refractivity contribution in [3.05, 3.63) is 33.2 Å². The molecular formula is C13H19FN6O4. The smallest absolute Gasteiger partial charge is 0.351 e. The van der Waals surface area contributed by atoms with Gasteiger partial charge in [-0.3, -0.25) is 4.57 Å². The summed E-state index contributed by atoms with van der Waals surface area (Å²) in [5.74, 6) is 0.429. The van der Waals surface area contributed by atoms with E-state index >= 15 is 0 Å². The minimum absolute atomic E-state index is 0.429. The van der Waals surface area contributed by atoms with Crippen molar-refractivity contribution >= 4 is 5.82 Å². The zero-order valence-corrected chi connectivity index (χ0v) is 13.3. The van der Waals surface area contributed by atoms with E-state index in [1.807, 2.05) is 18.7 Å². The second-order valence-corrected chi connectivity index (χ2v) is 5.24. The third-order valence-electron chi connectivity index (χ3n) is 3.98. The average Bonchev–Trinajstić information content (AvgIpc) is 2.82. The molecule has 4 atom stereocenters. The summed E-state index contributed by atoms with van der Waals surface area (Å²) in [6.45, 7) is 4.15. The summed E-state index contributed by atoms with van der Waals surface area (Å²) >= 11 is 0. The number of hydrogen-bond acceptors (Lipinski definition) is 7. The van der Waals surface area contributed by atoms with Gasteiger partial charge in [-0.15, -0.1) is 0 Å². The number of rotatable bonds is 6. The first-order valence-corrected chi connectivity index (χ1v) is 7.45. The fraction of sp³-hybridized carbons (Fsp3) is 0.692. The van der Waals surface area contributed by atoms with E-state index in [4.69, 9.17) is 10.3 Å². The van der Waals surface area contributed by atoms with Crippen LogP contribution in [0.4, 0.5) is 10.2 Å². The highest BCUT2D eigenvalue weighted by Crippen LogP contribution is 2.39. The summed E-state index contributed by atoms with van der Waals surface area (Å²) in [7, 11) is 0. The molecule has 2 rings (SSSR count). The van der Waals surface area contributed by atoms with Gasteiger partial charge in [0.15, 0.2) is 12.4 Å². The minimum Gasteiger partial charge on any atom is -0.393 e. The van der Waals surface area contributed by atoms with Gasteiger partial charge in [-0.2, -0.15) is 4.98 Å². The largest absolute Gasteiger partial charge is 0.393 e. The topological polar surface area (TPSA) is 137 Å². The lowest BCUT2D eigenvalue weighted by Crippen LogP contribution is -2.43. The third-order valence-corrected chi connectivity index (χ3v) is 3.98. The highest BCUT2D eigenvalue weighted by Gasteiger charge is 2.56. The van der Waals surface area contributed by atoms with Crippen molar-refractivity contribution in [1.82, 2.24) is 9.55 Å². The monoisotopic (exact) mass is 342 g/mol. The van der Waals surface area contributed by atoms with E-state index in [0.717, 1.165) is 4.57 Å². The predicted molar refractivity (Wildman–Crippen MR) is 82.0 cm³/mol. The maximum atomic E-state index is 14.4. The van der Waals surface area contributed by atoms with Crippen LogP contribution < -0.4 is 10.6 Å². The molecule has 1 aliphatic rings. The SMILES string of the molecule is CCN(CC)c1ccn([C@@H]2O[C@@](CO)(N=[N+]=[N-])C(O)[C@@H]2F)c(=O)n1. The van der Waals surface area contributed by atoms with E-state index in [1.54, 1.807) is 0 Å². The van der Waals surface area contributed by atoms with Crippen LogP contribution in [0.25, 0.3) is 10.4 Å². The van der Waals surface area contributed by atoms with Crippen LogP contribution in [-0.4, -0.2) is 57.5 Å². The summed E-state index contributed by atoms with van der Waals surface area (Å²) in [5.41, 5.74) is 5.57. The van der Waals surface area contributed by atoms with Crippen LogP contribution in [0.2, 0.25) is 0 Å². The van der Waals surface area contributed by atoms with Gasteiger partial charge in [0.1, 0.15) is 11.9 Å². The van der Waals surface area contributed by atoms with Gasteiger partial charge in [0.2, 0.25) is 5.72 Å². The molecule has 2 heterocycles. The fourth-order valence-electron chi connectivity index (χ4n) is 2.60. The molecule has 0 bridgehead atoms. The van der Waals surface area contributed by atoms with Crippen LogP contribution in [0.5, 0.6) is 0 Å². The van der Waals surface area contributed by atoms with Gasteiger partial charge < -0.3 is 19.8 Å². The molecule has 10 nitrogen and oxygen atoms in total. The summed E-state index contributed by atoms with van der Waals surface area (Å²) in [4.78, 5) is 20.4. The number of aliphatic hydroxyl groups excluding tert-OH is 2. The molecule has 1 aliphatic heterocycles. The molecule has 1 saturated heterocycles. The van der Waals surface area contributed by atoms with Crippen molar-refractivity contribution in [2.75, 3.05) is 24.6 Å². The molecule has 0 aromatic carbocycles. The van der Waals surface area contributed by atoms with Crippen LogP contribution in [0.1, 0.15) is 20.1 Å². The molecule has 132 valence electrons. The number of azide groups is 1. The molecule has 2 N–H and O–H groups in total. The Bertz CT molecular complexity index is 689. The molecule has 1 fully saturated rings. The summed E-state index contributed by atoms with van der Waals surface area (Å²) in [6, 6.07) is 1.52. The molecule has 1 aromatic heterocycles. The Morgan fingerprint density at radius 2 is 2.25 bits per heavy atom. The van der Waals surface area contributed by atoms with Crippen molar-refractivity contribution in [1.29, 1.82) is 0 Å². The predicted octanol–water partition coefficient (Wildman–Crippen LogP) is 0.316. The number of halogens is 1. The van der Waals surface area contributed by atoms with E-state index in [-0.39, 0.29) is 0 Å². The van der Waals surface area contributed by atoms with Crippen LogP contribution in [0.15, 0.2) is 22.2 Å². The maximum Gasteiger partial charge on any atom is 0.351 e. The van der Waals surface area contributed by atoms with Gasteiger partial charge in [-0.1, -0.05) is 5.11 Å². The first-order valence-electron chi connectivity index (χ1n) is 7.45. The lowest BCUT2D eigenvalue weighted by atomic mass is 10.1. The average molecular weight is 342 g/mol. The summed E-state index contributed by atoms with van der Waals surface area (Å²) in [5, 5.41) is 22.4. The van der Waals surface area contributed by atoms with Crippen molar-refractivity contribution in [2.24, 2.45) is 5.11 Å². The number of hydrogen-bond donors (Lipinski definition) is 2. The standard InChI is InChI=1S/C13H19FN6O4/c1-3-19(4-2)8-5-6-20(12(23)16-8)11-9(14)10(22)13(7-21,24-11)17-18-15/h5-6,9-11,21-22H,3-4,7H2,1-2H3/t9-,10?,11+,13+/m0/s1. The Hall–Kier alpha value is -2.20. The molecule has 0 spiro atoms. The molecule has 1 aromatic rings. The summed E-state index contributed by atoms with van der Waals surface area (Å²) < 4.78 is 20.4. The lowest BCUT2D eigenvalue weighted by molar-refractivity contribution is -0.124. The Morgan fingerprint density at radius 1 is 1.58 bits per heavy atom. The number of anilines is 1. The number of aromatic nitrogens is 2. The number of ether oxygens (including phenoxy) is 1. The maximum absolute atomic E-state index is 14.4. The first-order chi connectivity index (χ1) is 11.4. The van der Waals surface area contributed by atoms with Gasteiger partial charge in [-0.25, -0.2) is 9.18 Å². The molecule has 11 heteroatoms. The van der Waals surface area contributed by atoms with E-state index < -0.39 is 36.5 Å². The Balaban J connectivity index is 2.39. The van der Waals surface area contributed by atoms with Crippen molar-refractivity contribution in [3.63, 3.8) is 0 Å². The quantitative estimate of drug-likeness (QED) is 0.434. The molecule has 1 unspecified atom stereocenters. The van der Waals surface area contributed by atoms with Crippen molar-refractivity contribution in [3.8, 4) is 0 Å². The van der Waals surface area contributed by atoms with Crippen LogP contribution >= 0.6 is 0 Å². The second kappa shape index (κ2) is 7.14. The van der Waals surface area contributed by atoms with Crippen LogP contribution in [-0.2, 0) is 4.74 Å². The third kappa shape index (κ3) is 2.94. The molecule has 0 saturated carbocycles. The Labute approximate surface area is 136 Å². The van der Waals surface area contributed by atoms with Gasteiger partial charge in [0.05, 0.1) is 6.61 Å². The lowest BCUT2D eigenvalue weighted by Gasteiger charge is -2.24.